The van der Waals surface area contributed by atoms with E-state index in [1.54, 1.807) is 0 Å². The molecule has 3 nitrogen and oxygen atoms in total. The lowest BCUT2D eigenvalue weighted by atomic mass is 10.1. The van der Waals surface area contributed by atoms with E-state index in [-0.39, 0.29) is 12.1 Å². The summed E-state index contributed by atoms with van der Waals surface area (Å²) in [5.74, 6) is 4.63. The molecule has 0 aliphatic heterocycles. The standard InChI is InChI=1S/C11H10F3NO2S/c1-18(16,17)15-8-4-6-9-5-2-3-7-10(9)11(12,13)14/h2-3,5,7,15H,8H2,1H3. The molecule has 0 saturated heterocycles. The van der Waals surface area contributed by atoms with E-state index < -0.39 is 21.8 Å². The van der Waals surface area contributed by atoms with E-state index in [1.165, 1.54) is 18.2 Å². The molecule has 0 amide bonds. The molecule has 1 aromatic carbocycles. The number of hydrogen-bond acceptors (Lipinski definition) is 2. The van der Waals surface area contributed by atoms with Gasteiger partial charge in [-0.1, -0.05) is 24.0 Å². The normalized spacial score (nSPS) is 11.8. The highest BCUT2D eigenvalue weighted by Gasteiger charge is 2.32. The molecular weight excluding hydrogens is 267 g/mol. The van der Waals surface area contributed by atoms with Crippen LogP contribution in [-0.4, -0.2) is 21.2 Å². The maximum Gasteiger partial charge on any atom is 0.417 e. The number of alkyl halides is 3. The highest BCUT2D eigenvalue weighted by Crippen LogP contribution is 2.31. The Morgan fingerprint density at radius 1 is 1.28 bits per heavy atom. The molecule has 0 aliphatic rings. The van der Waals surface area contributed by atoms with Crippen LogP contribution in [0.3, 0.4) is 0 Å². The third-order valence-corrected chi connectivity index (χ3v) is 2.55. The van der Waals surface area contributed by atoms with Crippen LogP contribution >= 0.6 is 0 Å². The average Bonchev–Trinajstić information content (AvgIpc) is 2.22. The molecule has 0 unspecified atom stereocenters. The fourth-order valence-electron chi connectivity index (χ4n) is 1.15. The molecule has 98 valence electrons. The quantitative estimate of drug-likeness (QED) is 0.835. The Labute approximate surface area is 103 Å². The first kappa shape index (κ1) is 14.5. The Morgan fingerprint density at radius 2 is 1.89 bits per heavy atom. The average molecular weight is 277 g/mol. The molecule has 0 atom stereocenters. The van der Waals surface area contributed by atoms with Gasteiger partial charge >= 0.3 is 6.18 Å². The predicted molar refractivity (Wildman–Crippen MR) is 61.2 cm³/mol. The third-order valence-electron chi connectivity index (χ3n) is 1.88. The number of nitrogens with one attached hydrogen (secondary N) is 1. The van der Waals surface area contributed by atoms with Crippen molar-refractivity contribution in [3.05, 3.63) is 35.4 Å². The topological polar surface area (TPSA) is 46.2 Å². The van der Waals surface area contributed by atoms with Gasteiger partial charge in [0.2, 0.25) is 10.0 Å². The van der Waals surface area contributed by atoms with Crippen LogP contribution in [0, 0.1) is 11.8 Å². The van der Waals surface area contributed by atoms with Crippen molar-refractivity contribution in [1.82, 2.24) is 4.72 Å². The molecule has 18 heavy (non-hydrogen) atoms. The molecule has 0 heterocycles. The maximum absolute atomic E-state index is 12.6. The monoisotopic (exact) mass is 277 g/mol. The minimum absolute atomic E-state index is 0.180. The Balaban J connectivity index is 2.89. The lowest BCUT2D eigenvalue weighted by Crippen LogP contribution is -2.21. The van der Waals surface area contributed by atoms with Crippen molar-refractivity contribution >= 4 is 10.0 Å². The van der Waals surface area contributed by atoms with Crippen molar-refractivity contribution in [1.29, 1.82) is 0 Å². The second kappa shape index (κ2) is 5.42. The van der Waals surface area contributed by atoms with Gasteiger partial charge < -0.3 is 0 Å². The number of sulfonamides is 1. The molecule has 0 aliphatic carbocycles. The van der Waals surface area contributed by atoms with Crippen molar-refractivity contribution in [2.24, 2.45) is 0 Å². The van der Waals surface area contributed by atoms with Gasteiger partial charge in [0.25, 0.3) is 0 Å². The fraction of sp³-hybridized carbons (Fsp3) is 0.273. The lowest BCUT2D eigenvalue weighted by Gasteiger charge is -2.08. The van der Waals surface area contributed by atoms with E-state index in [0.717, 1.165) is 12.3 Å². The van der Waals surface area contributed by atoms with Crippen molar-refractivity contribution in [3.63, 3.8) is 0 Å². The molecule has 0 radical (unpaired) electrons. The zero-order valence-corrected chi connectivity index (χ0v) is 10.2. The summed E-state index contributed by atoms with van der Waals surface area (Å²) in [6, 6.07) is 4.86. The molecular formula is C11H10F3NO2S. The third kappa shape index (κ3) is 4.77. The molecule has 1 rings (SSSR count). The number of halogens is 3. The number of hydrogen-bond donors (Lipinski definition) is 1. The highest BCUT2D eigenvalue weighted by molar-refractivity contribution is 7.88. The molecule has 0 saturated carbocycles. The van der Waals surface area contributed by atoms with Crippen LogP contribution < -0.4 is 4.72 Å². The van der Waals surface area contributed by atoms with Gasteiger partial charge in [-0.05, 0) is 12.1 Å². The first-order valence-corrected chi connectivity index (χ1v) is 6.69. The smallest absolute Gasteiger partial charge is 0.213 e. The minimum Gasteiger partial charge on any atom is -0.213 e. The van der Waals surface area contributed by atoms with Crippen LogP contribution in [0.2, 0.25) is 0 Å². The van der Waals surface area contributed by atoms with Gasteiger partial charge in [0.1, 0.15) is 0 Å². The van der Waals surface area contributed by atoms with E-state index >= 15 is 0 Å². The Morgan fingerprint density at radius 3 is 2.44 bits per heavy atom. The summed E-state index contributed by atoms with van der Waals surface area (Å²) in [6.45, 7) is -0.231. The summed E-state index contributed by atoms with van der Waals surface area (Å²) in [6.07, 6.45) is -3.53. The van der Waals surface area contributed by atoms with Gasteiger partial charge in [-0.25, -0.2) is 13.1 Å². The van der Waals surface area contributed by atoms with Gasteiger partial charge in [0.15, 0.2) is 0 Å². The lowest BCUT2D eigenvalue weighted by molar-refractivity contribution is -0.137. The summed E-state index contributed by atoms with van der Waals surface area (Å²) in [5.41, 5.74) is -1.02. The maximum atomic E-state index is 12.6. The number of benzene rings is 1. The second-order valence-corrected chi connectivity index (χ2v) is 5.27. The van der Waals surface area contributed by atoms with Gasteiger partial charge in [0.05, 0.1) is 18.4 Å². The van der Waals surface area contributed by atoms with Crippen LogP contribution in [0.25, 0.3) is 0 Å². The van der Waals surface area contributed by atoms with Crippen LogP contribution in [0.1, 0.15) is 11.1 Å². The second-order valence-electron chi connectivity index (χ2n) is 3.44. The van der Waals surface area contributed by atoms with Crippen LogP contribution in [0.15, 0.2) is 24.3 Å². The Hall–Kier alpha value is -1.52. The molecule has 7 heteroatoms. The van der Waals surface area contributed by atoms with E-state index in [9.17, 15) is 21.6 Å². The van der Waals surface area contributed by atoms with Crippen LogP contribution in [0.5, 0.6) is 0 Å². The summed E-state index contributed by atoms with van der Waals surface area (Å²) >= 11 is 0. The fourth-order valence-corrected chi connectivity index (χ4v) is 1.48. The molecule has 1 N–H and O–H groups in total. The Bertz CT molecular complexity index is 582. The first-order chi connectivity index (χ1) is 8.20. The van der Waals surface area contributed by atoms with E-state index in [0.29, 0.717) is 0 Å². The Kier molecular flexibility index (Phi) is 4.38. The number of rotatable bonds is 2. The SMILES string of the molecule is CS(=O)(=O)NCC#Cc1ccccc1C(F)(F)F. The molecule has 0 aromatic heterocycles. The van der Waals surface area contributed by atoms with Gasteiger partial charge in [-0.15, -0.1) is 0 Å². The first-order valence-electron chi connectivity index (χ1n) is 4.80. The highest BCUT2D eigenvalue weighted by atomic mass is 32.2. The van der Waals surface area contributed by atoms with Crippen molar-refractivity contribution in [2.45, 2.75) is 6.18 Å². The summed E-state index contributed by atoms with van der Waals surface area (Å²) < 4.78 is 61.2. The van der Waals surface area contributed by atoms with Gasteiger partial charge in [-0.3, -0.25) is 0 Å². The summed E-state index contributed by atoms with van der Waals surface area (Å²) in [4.78, 5) is 0. The molecule has 1 aromatic rings. The van der Waals surface area contributed by atoms with Crippen LogP contribution in [0.4, 0.5) is 13.2 Å². The van der Waals surface area contributed by atoms with Gasteiger partial charge in [-0.2, -0.15) is 13.2 Å². The van der Waals surface area contributed by atoms with E-state index in [4.69, 9.17) is 0 Å². The minimum atomic E-state index is -4.48. The van der Waals surface area contributed by atoms with Crippen molar-refractivity contribution in [2.75, 3.05) is 12.8 Å². The summed E-state index contributed by atoms with van der Waals surface area (Å²) in [7, 11) is -3.39. The van der Waals surface area contributed by atoms with E-state index in [2.05, 4.69) is 16.6 Å². The van der Waals surface area contributed by atoms with Crippen LogP contribution in [-0.2, 0) is 16.2 Å². The summed E-state index contributed by atoms with van der Waals surface area (Å²) in [5, 5.41) is 0. The zero-order chi connectivity index (χ0) is 13.8. The zero-order valence-electron chi connectivity index (χ0n) is 9.38. The van der Waals surface area contributed by atoms with Crippen molar-refractivity contribution in [3.8, 4) is 11.8 Å². The van der Waals surface area contributed by atoms with Crippen molar-refractivity contribution < 1.29 is 21.6 Å². The van der Waals surface area contributed by atoms with E-state index in [1.807, 2.05) is 0 Å². The molecule has 0 bridgehead atoms. The molecule has 0 fully saturated rings. The largest absolute Gasteiger partial charge is 0.417 e. The van der Waals surface area contributed by atoms with Gasteiger partial charge in [0, 0.05) is 5.56 Å². The molecule has 0 spiro atoms. The predicted octanol–water partition coefficient (Wildman–Crippen LogP) is 1.61.